The van der Waals surface area contributed by atoms with E-state index in [-0.39, 0.29) is 12.5 Å². The van der Waals surface area contributed by atoms with Crippen molar-refractivity contribution in [3.8, 4) is 5.75 Å². The molecule has 28 heavy (non-hydrogen) atoms. The molecule has 0 atom stereocenters. The first-order valence-corrected chi connectivity index (χ1v) is 9.67. The maximum absolute atomic E-state index is 13.1. The standard InChI is InChI=1S/C18H20N6O3S/c1-12-21-15(23-27-12)8-19-16(25)18(7-13-4-3-5-14(6-13)26-2)9-24(10-18)17-22-20-11-28-17/h3-6,11H,7-10H2,1-2H3,(H,19,25). The van der Waals surface area contributed by atoms with Crippen molar-refractivity contribution in [2.24, 2.45) is 5.41 Å². The van der Waals surface area contributed by atoms with E-state index in [1.54, 1.807) is 19.5 Å². The number of hydrogen-bond acceptors (Lipinski definition) is 9. The lowest BCUT2D eigenvalue weighted by Gasteiger charge is -2.48. The number of amides is 1. The first kappa shape index (κ1) is 18.4. The molecular weight excluding hydrogens is 380 g/mol. The van der Waals surface area contributed by atoms with Crippen molar-refractivity contribution < 1.29 is 14.1 Å². The summed E-state index contributed by atoms with van der Waals surface area (Å²) < 4.78 is 10.3. The summed E-state index contributed by atoms with van der Waals surface area (Å²) in [6, 6.07) is 7.80. The summed E-state index contributed by atoms with van der Waals surface area (Å²) in [6.45, 7) is 3.08. The van der Waals surface area contributed by atoms with E-state index in [4.69, 9.17) is 9.26 Å². The average molecular weight is 400 g/mol. The Morgan fingerprint density at radius 1 is 1.43 bits per heavy atom. The maximum Gasteiger partial charge on any atom is 0.230 e. The highest BCUT2D eigenvalue weighted by Crippen LogP contribution is 2.38. The lowest BCUT2D eigenvalue weighted by atomic mass is 9.74. The Morgan fingerprint density at radius 2 is 2.29 bits per heavy atom. The minimum atomic E-state index is -0.573. The van der Waals surface area contributed by atoms with Crippen LogP contribution >= 0.6 is 11.3 Å². The second-order valence-electron chi connectivity index (χ2n) is 6.80. The fraction of sp³-hybridized carbons (Fsp3) is 0.389. The fourth-order valence-electron chi connectivity index (χ4n) is 3.39. The van der Waals surface area contributed by atoms with E-state index in [0.29, 0.717) is 31.2 Å². The molecule has 0 radical (unpaired) electrons. The minimum absolute atomic E-state index is 0.0430. The zero-order chi connectivity index (χ0) is 19.6. The van der Waals surface area contributed by atoms with Gasteiger partial charge in [0.15, 0.2) is 5.82 Å². The molecular formula is C18H20N6O3S. The molecule has 3 aromatic rings. The third-order valence-corrected chi connectivity index (χ3v) is 5.49. The van der Waals surface area contributed by atoms with Crippen LogP contribution in [0.25, 0.3) is 0 Å². The van der Waals surface area contributed by atoms with E-state index < -0.39 is 5.41 Å². The van der Waals surface area contributed by atoms with E-state index >= 15 is 0 Å². The molecule has 4 rings (SSSR count). The maximum atomic E-state index is 13.1. The Labute approximate surface area is 165 Å². The zero-order valence-electron chi connectivity index (χ0n) is 15.6. The number of benzene rings is 1. The van der Waals surface area contributed by atoms with Gasteiger partial charge in [-0.05, 0) is 24.1 Å². The van der Waals surface area contributed by atoms with Crippen LogP contribution in [0, 0.1) is 12.3 Å². The molecule has 9 nitrogen and oxygen atoms in total. The third-order valence-electron chi connectivity index (χ3n) is 4.74. The monoisotopic (exact) mass is 400 g/mol. The SMILES string of the molecule is COc1cccc(CC2(C(=O)NCc3noc(C)n3)CN(c3nncs3)C2)c1. The number of nitrogens with zero attached hydrogens (tertiary/aromatic N) is 5. The summed E-state index contributed by atoms with van der Waals surface area (Å²) in [4.78, 5) is 19.3. The molecule has 1 amide bonds. The summed E-state index contributed by atoms with van der Waals surface area (Å²) in [5.74, 6) is 1.67. The lowest BCUT2D eigenvalue weighted by Crippen LogP contribution is -2.64. The van der Waals surface area contributed by atoms with E-state index in [0.717, 1.165) is 16.4 Å². The first-order chi connectivity index (χ1) is 13.6. The molecule has 0 unspecified atom stereocenters. The molecule has 10 heteroatoms. The van der Waals surface area contributed by atoms with Gasteiger partial charge in [0.1, 0.15) is 11.3 Å². The topological polar surface area (TPSA) is 106 Å². The van der Waals surface area contributed by atoms with Gasteiger partial charge >= 0.3 is 0 Å². The molecule has 146 valence electrons. The van der Waals surface area contributed by atoms with E-state index in [9.17, 15) is 4.79 Å². The van der Waals surface area contributed by atoms with Gasteiger partial charge in [0.25, 0.3) is 0 Å². The predicted octanol–water partition coefficient (Wildman–Crippen LogP) is 1.60. The van der Waals surface area contributed by atoms with Crippen LogP contribution in [-0.2, 0) is 17.8 Å². The molecule has 3 heterocycles. The lowest BCUT2D eigenvalue weighted by molar-refractivity contribution is -0.132. The van der Waals surface area contributed by atoms with Gasteiger partial charge in [-0.25, -0.2) is 0 Å². The summed E-state index contributed by atoms with van der Waals surface area (Å²) >= 11 is 1.46. The fourth-order valence-corrected chi connectivity index (χ4v) is 3.95. The summed E-state index contributed by atoms with van der Waals surface area (Å²) in [5.41, 5.74) is 2.16. The van der Waals surface area contributed by atoms with E-state index in [1.807, 2.05) is 24.3 Å². The van der Waals surface area contributed by atoms with Crippen LogP contribution in [0.2, 0.25) is 0 Å². The minimum Gasteiger partial charge on any atom is -0.497 e. The van der Waals surface area contributed by atoms with E-state index in [1.165, 1.54) is 11.3 Å². The van der Waals surface area contributed by atoms with Gasteiger partial charge in [-0.2, -0.15) is 4.98 Å². The number of carbonyl (C=O) groups excluding carboxylic acids is 1. The molecule has 1 saturated heterocycles. The van der Waals surface area contributed by atoms with Gasteiger partial charge in [0, 0.05) is 20.0 Å². The van der Waals surface area contributed by atoms with Crippen LogP contribution in [0.15, 0.2) is 34.3 Å². The average Bonchev–Trinajstić information content (AvgIpc) is 3.34. The third kappa shape index (κ3) is 3.68. The number of rotatable bonds is 7. The van der Waals surface area contributed by atoms with Gasteiger partial charge < -0.3 is 19.5 Å². The van der Waals surface area contributed by atoms with Gasteiger partial charge in [-0.1, -0.05) is 28.6 Å². The van der Waals surface area contributed by atoms with Crippen molar-refractivity contribution in [2.45, 2.75) is 19.9 Å². The van der Waals surface area contributed by atoms with Crippen LogP contribution in [-0.4, -0.2) is 46.4 Å². The Hall–Kier alpha value is -3.01. The number of carbonyl (C=O) groups is 1. The van der Waals surface area contributed by atoms with Crippen molar-refractivity contribution >= 4 is 22.4 Å². The quantitative estimate of drug-likeness (QED) is 0.637. The molecule has 1 aliphatic rings. The number of aryl methyl sites for hydroxylation is 1. The molecule has 0 saturated carbocycles. The number of anilines is 1. The van der Waals surface area contributed by atoms with Crippen LogP contribution in [0.3, 0.4) is 0 Å². The Kier molecular flexibility index (Phi) is 4.95. The van der Waals surface area contributed by atoms with Crippen LogP contribution < -0.4 is 15.0 Å². The summed E-state index contributed by atoms with van der Waals surface area (Å²) in [7, 11) is 1.63. The Balaban J connectivity index is 1.50. The van der Waals surface area contributed by atoms with Crippen molar-refractivity contribution in [2.75, 3.05) is 25.1 Å². The molecule has 1 fully saturated rings. The Bertz CT molecular complexity index is 952. The number of aromatic nitrogens is 4. The highest BCUT2D eigenvalue weighted by Gasteiger charge is 2.50. The molecule has 0 bridgehead atoms. The predicted molar refractivity (Wildman–Crippen MR) is 102 cm³/mol. The Morgan fingerprint density at radius 3 is 2.96 bits per heavy atom. The number of nitrogens with one attached hydrogen (secondary N) is 1. The van der Waals surface area contributed by atoms with Gasteiger partial charge in [0.2, 0.25) is 16.9 Å². The van der Waals surface area contributed by atoms with Gasteiger partial charge in [0.05, 0.1) is 19.1 Å². The summed E-state index contributed by atoms with van der Waals surface area (Å²) in [6.07, 6.45) is 0.594. The number of methoxy groups -OCH3 is 1. The number of hydrogen-bond donors (Lipinski definition) is 1. The zero-order valence-corrected chi connectivity index (χ0v) is 16.4. The highest BCUT2D eigenvalue weighted by molar-refractivity contribution is 7.13. The van der Waals surface area contributed by atoms with Crippen molar-refractivity contribution in [1.82, 2.24) is 25.7 Å². The molecule has 1 aromatic carbocycles. The van der Waals surface area contributed by atoms with Gasteiger partial charge in [-0.15, -0.1) is 10.2 Å². The van der Waals surface area contributed by atoms with Crippen LogP contribution in [0.4, 0.5) is 5.13 Å². The van der Waals surface area contributed by atoms with Gasteiger partial charge in [-0.3, -0.25) is 4.79 Å². The second kappa shape index (κ2) is 7.55. The molecule has 1 N–H and O–H groups in total. The molecule has 0 aliphatic carbocycles. The molecule has 0 spiro atoms. The van der Waals surface area contributed by atoms with Crippen molar-refractivity contribution in [3.05, 3.63) is 47.1 Å². The van der Waals surface area contributed by atoms with Crippen LogP contribution in [0.5, 0.6) is 5.75 Å². The van der Waals surface area contributed by atoms with E-state index in [2.05, 4.69) is 30.6 Å². The normalized spacial score (nSPS) is 15.1. The van der Waals surface area contributed by atoms with Crippen molar-refractivity contribution in [1.29, 1.82) is 0 Å². The second-order valence-corrected chi connectivity index (χ2v) is 7.61. The molecule has 2 aromatic heterocycles. The largest absolute Gasteiger partial charge is 0.497 e. The first-order valence-electron chi connectivity index (χ1n) is 8.79. The highest BCUT2D eigenvalue weighted by atomic mass is 32.1. The van der Waals surface area contributed by atoms with Crippen molar-refractivity contribution in [3.63, 3.8) is 0 Å². The smallest absolute Gasteiger partial charge is 0.230 e. The number of ether oxygens (including phenoxy) is 1. The molecule has 1 aliphatic heterocycles. The summed E-state index contributed by atoms with van der Waals surface area (Å²) in [5, 5.41) is 15.6. The van der Waals surface area contributed by atoms with Crippen LogP contribution in [0.1, 0.15) is 17.3 Å².